The fraction of sp³-hybridized carbons (Fsp3) is 0.174. The third-order valence-corrected chi connectivity index (χ3v) is 4.69. The van der Waals surface area contributed by atoms with Gasteiger partial charge < -0.3 is 10.2 Å². The molecule has 0 spiro atoms. The maximum Gasteiger partial charge on any atom is 0.251 e. The average Bonchev–Trinajstić information content (AvgIpc) is 2.77. The lowest BCUT2D eigenvalue weighted by Gasteiger charge is -2.16. The van der Waals surface area contributed by atoms with Crippen LogP contribution in [0.5, 0.6) is 0 Å². The molecular weight excluding hydrogens is 369 g/mol. The normalized spacial score (nSPS) is 10.4. The molecule has 3 rings (SSSR count). The summed E-state index contributed by atoms with van der Waals surface area (Å²) < 4.78 is 13.5. The standard InChI is InChI=1S/C23H22FN3O2/c1-3-21(28)27(2)20-12-10-17(11-13-20)16-6-8-18(9-7-16)23(29)26-15-19-5-4-14-25-22(19)24/h4-14H,3,15H2,1-2H3,(H,26,29). The number of hydrogen-bond acceptors (Lipinski definition) is 3. The fourth-order valence-corrected chi connectivity index (χ4v) is 2.90. The number of benzene rings is 2. The molecule has 0 aliphatic rings. The van der Waals surface area contributed by atoms with Crippen molar-refractivity contribution in [2.45, 2.75) is 19.9 Å². The molecule has 5 nitrogen and oxygen atoms in total. The maximum absolute atomic E-state index is 13.5. The summed E-state index contributed by atoms with van der Waals surface area (Å²) in [5.41, 5.74) is 3.60. The van der Waals surface area contributed by atoms with E-state index in [1.807, 2.05) is 43.3 Å². The van der Waals surface area contributed by atoms with Gasteiger partial charge in [0.1, 0.15) is 0 Å². The molecule has 148 valence electrons. The van der Waals surface area contributed by atoms with Crippen LogP contribution in [-0.4, -0.2) is 23.8 Å². The molecule has 0 saturated carbocycles. The number of pyridine rings is 1. The van der Waals surface area contributed by atoms with Crippen molar-refractivity contribution in [3.63, 3.8) is 0 Å². The molecule has 0 saturated heterocycles. The van der Waals surface area contributed by atoms with E-state index in [4.69, 9.17) is 0 Å². The van der Waals surface area contributed by atoms with Gasteiger partial charge in [0.2, 0.25) is 11.9 Å². The smallest absolute Gasteiger partial charge is 0.251 e. The molecule has 1 heterocycles. The second-order valence-electron chi connectivity index (χ2n) is 6.57. The summed E-state index contributed by atoms with van der Waals surface area (Å²) >= 11 is 0. The number of carbonyl (C=O) groups excluding carboxylic acids is 2. The number of hydrogen-bond donors (Lipinski definition) is 1. The van der Waals surface area contributed by atoms with Crippen molar-refractivity contribution in [2.75, 3.05) is 11.9 Å². The average molecular weight is 391 g/mol. The van der Waals surface area contributed by atoms with E-state index in [1.165, 1.54) is 6.20 Å². The summed E-state index contributed by atoms with van der Waals surface area (Å²) in [5.74, 6) is -0.813. The second kappa shape index (κ2) is 9.10. The highest BCUT2D eigenvalue weighted by molar-refractivity contribution is 5.95. The SMILES string of the molecule is CCC(=O)N(C)c1ccc(-c2ccc(C(=O)NCc3cccnc3F)cc2)cc1. The van der Waals surface area contributed by atoms with E-state index in [0.717, 1.165) is 16.8 Å². The first-order valence-electron chi connectivity index (χ1n) is 9.34. The lowest BCUT2D eigenvalue weighted by molar-refractivity contribution is -0.118. The Balaban J connectivity index is 1.66. The number of amides is 2. The van der Waals surface area contributed by atoms with Crippen LogP contribution in [0.2, 0.25) is 0 Å². The maximum atomic E-state index is 13.5. The molecule has 0 radical (unpaired) electrons. The second-order valence-corrected chi connectivity index (χ2v) is 6.57. The number of halogens is 1. The van der Waals surface area contributed by atoms with Crippen LogP contribution in [0.4, 0.5) is 10.1 Å². The van der Waals surface area contributed by atoms with Crippen LogP contribution in [0, 0.1) is 5.95 Å². The van der Waals surface area contributed by atoms with Crippen molar-refractivity contribution in [3.05, 3.63) is 83.9 Å². The number of rotatable bonds is 6. The zero-order valence-corrected chi connectivity index (χ0v) is 16.4. The van der Waals surface area contributed by atoms with Gasteiger partial charge in [-0.25, -0.2) is 4.98 Å². The monoisotopic (exact) mass is 391 g/mol. The Morgan fingerprint density at radius 2 is 1.62 bits per heavy atom. The van der Waals surface area contributed by atoms with Gasteiger partial charge in [-0.3, -0.25) is 9.59 Å². The summed E-state index contributed by atoms with van der Waals surface area (Å²) in [5, 5.41) is 2.69. The summed E-state index contributed by atoms with van der Waals surface area (Å²) in [7, 11) is 1.76. The largest absolute Gasteiger partial charge is 0.348 e. The molecule has 29 heavy (non-hydrogen) atoms. The predicted molar refractivity (Wildman–Crippen MR) is 111 cm³/mol. The van der Waals surface area contributed by atoms with Crippen LogP contribution in [0.1, 0.15) is 29.3 Å². The Morgan fingerprint density at radius 1 is 1.00 bits per heavy atom. The number of carbonyl (C=O) groups is 2. The van der Waals surface area contributed by atoms with Gasteiger partial charge in [-0.05, 0) is 41.5 Å². The molecule has 0 aliphatic heterocycles. The number of nitrogens with one attached hydrogen (secondary N) is 1. The first kappa shape index (κ1) is 20.2. The van der Waals surface area contributed by atoms with Crippen molar-refractivity contribution in [1.82, 2.24) is 10.3 Å². The van der Waals surface area contributed by atoms with Crippen molar-refractivity contribution in [1.29, 1.82) is 0 Å². The van der Waals surface area contributed by atoms with Crippen LogP contribution >= 0.6 is 0 Å². The predicted octanol–water partition coefficient (Wildman–Crippen LogP) is 4.19. The number of aromatic nitrogens is 1. The van der Waals surface area contributed by atoms with E-state index in [2.05, 4.69) is 10.3 Å². The molecule has 0 bridgehead atoms. The van der Waals surface area contributed by atoms with E-state index >= 15 is 0 Å². The minimum absolute atomic E-state index is 0.0549. The zero-order valence-electron chi connectivity index (χ0n) is 16.4. The summed E-state index contributed by atoms with van der Waals surface area (Å²) in [6, 6.07) is 18.0. The molecule has 2 aromatic carbocycles. The molecule has 0 unspecified atom stereocenters. The van der Waals surface area contributed by atoms with Crippen LogP contribution in [0.15, 0.2) is 66.9 Å². The Bertz CT molecular complexity index is 1000. The highest BCUT2D eigenvalue weighted by atomic mass is 19.1. The lowest BCUT2D eigenvalue weighted by Crippen LogP contribution is -2.24. The molecule has 6 heteroatoms. The van der Waals surface area contributed by atoms with Crippen molar-refractivity contribution >= 4 is 17.5 Å². The van der Waals surface area contributed by atoms with Gasteiger partial charge >= 0.3 is 0 Å². The number of nitrogens with zero attached hydrogens (tertiary/aromatic N) is 2. The molecule has 1 aromatic heterocycles. The zero-order chi connectivity index (χ0) is 20.8. The molecular formula is C23H22FN3O2. The van der Waals surface area contributed by atoms with E-state index in [9.17, 15) is 14.0 Å². The molecule has 2 amide bonds. The van der Waals surface area contributed by atoms with E-state index in [1.54, 1.807) is 36.2 Å². The minimum Gasteiger partial charge on any atom is -0.348 e. The van der Waals surface area contributed by atoms with E-state index in [-0.39, 0.29) is 18.4 Å². The van der Waals surface area contributed by atoms with E-state index in [0.29, 0.717) is 17.5 Å². The minimum atomic E-state index is -0.585. The molecule has 0 fully saturated rings. The number of anilines is 1. The summed E-state index contributed by atoms with van der Waals surface area (Å²) in [4.78, 5) is 29.3. The molecule has 0 atom stereocenters. The highest BCUT2D eigenvalue weighted by Gasteiger charge is 2.10. The van der Waals surface area contributed by atoms with Crippen LogP contribution < -0.4 is 10.2 Å². The molecule has 0 aliphatic carbocycles. The van der Waals surface area contributed by atoms with Gasteiger partial charge in [0.25, 0.3) is 5.91 Å². The molecule has 3 aromatic rings. The lowest BCUT2D eigenvalue weighted by atomic mass is 10.0. The van der Waals surface area contributed by atoms with Crippen molar-refractivity contribution < 1.29 is 14.0 Å². The van der Waals surface area contributed by atoms with Crippen LogP contribution in [0.3, 0.4) is 0 Å². The van der Waals surface area contributed by atoms with Gasteiger partial charge in [-0.2, -0.15) is 4.39 Å². The van der Waals surface area contributed by atoms with Gasteiger partial charge in [-0.1, -0.05) is 37.3 Å². The Morgan fingerprint density at radius 3 is 2.21 bits per heavy atom. The third kappa shape index (κ3) is 4.85. The first-order valence-corrected chi connectivity index (χ1v) is 9.34. The Labute approximate surface area is 169 Å². The summed E-state index contributed by atoms with van der Waals surface area (Å²) in [6.45, 7) is 1.91. The van der Waals surface area contributed by atoms with Crippen molar-refractivity contribution in [3.8, 4) is 11.1 Å². The quantitative estimate of drug-likeness (QED) is 0.641. The van der Waals surface area contributed by atoms with Gasteiger partial charge in [0.15, 0.2) is 0 Å². The highest BCUT2D eigenvalue weighted by Crippen LogP contribution is 2.23. The fourth-order valence-electron chi connectivity index (χ4n) is 2.90. The van der Waals surface area contributed by atoms with Crippen molar-refractivity contribution in [2.24, 2.45) is 0 Å². The van der Waals surface area contributed by atoms with Gasteiger partial charge in [0, 0.05) is 43.0 Å². The molecule has 1 N–H and O–H groups in total. The van der Waals surface area contributed by atoms with Gasteiger partial charge in [-0.15, -0.1) is 0 Å². The van der Waals surface area contributed by atoms with Gasteiger partial charge in [0.05, 0.1) is 0 Å². The Kier molecular flexibility index (Phi) is 6.34. The van der Waals surface area contributed by atoms with E-state index < -0.39 is 5.95 Å². The first-order chi connectivity index (χ1) is 14.0. The van der Waals surface area contributed by atoms with Crippen LogP contribution in [-0.2, 0) is 11.3 Å². The Hall–Kier alpha value is -3.54. The van der Waals surface area contributed by atoms with Crippen LogP contribution in [0.25, 0.3) is 11.1 Å². The third-order valence-electron chi connectivity index (χ3n) is 4.69. The summed E-state index contributed by atoms with van der Waals surface area (Å²) in [6.07, 6.45) is 1.82. The topological polar surface area (TPSA) is 62.3 Å².